The van der Waals surface area contributed by atoms with Crippen LogP contribution in [-0.2, 0) is 5.41 Å². The fraction of sp³-hybridized carbons (Fsp3) is 0.0351. The Morgan fingerprint density at radius 3 is 2.03 bits per heavy atom. The van der Waals surface area contributed by atoms with E-state index < -0.39 is 5.41 Å². The summed E-state index contributed by atoms with van der Waals surface area (Å²) in [6.07, 6.45) is 11.4. The van der Waals surface area contributed by atoms with Crippen molar-refractivity contribution in [3.05, 3.63) is 234 Å². The van der Waals surface area contributed by atoms with Crippen molar-refractivity contribution in [2.24, 2.45) is 0 Å². The van der Waals surface area contributed by atoms with Crippen LogP contribution in [0.3, 0.4) is 0 Å². The van der Waals surface area contributed by atoms with E-state index in [1.165, 1.54) is 60.9 Å². The SMILES string of the molecule is C1=CCC=C(c2nc(-c3ccccc3)nc(-c3cc4ccccc4cc3-c3ccc4c(c3)C3(c5ccccc5-4)c4ccccc4-n4c5ccccc5c5cccc3c54)n2)C=C1. The first-order valence-electron chi connectivity index (χ1n) is 21.0. The van der Waals surface area contributed by atoms with Crippen LogP contribution in [-0.4, -0.2) is 19.5 Å². The number of benzene rings is 8. The van der Waals surface area contributed by atoms with Crippen LogP contribution in [0.2, 0.25) is 0 Å². The first-order chi connectivity index (χ1) is 30.3. The number of hydrogen-bond donors (Lipinski definition) is 0. The zero-order valence-electron chi connectivity index (χ0n) is 33.1. The van der Waals surface area contributed by atoms with Crippen LogP contribution in [0.1, 0.15) is 34.5 Å². The Balaban J connectivity index is 1.11. The van der Waals surface area contributed by atoms with Gasteiger partial charge in [-0.2, -0.15) is 0 Å². The third-order valence-corrected chi connectivity index (χ3v) is 13.1. The number of nitrogens with zero attached hydrogens (tertiary/aromatic N) is 4. The van der Waals surface area contributed by atoms with Gasteiger partial charge in [0.15, 0.2) is 17.5 Å². The monoisotopic (exact) mass is 776 g/mol. The van der Waals surface area contributed by atoms with Crippen molar-refractivity contribution >= 4 is 38.2 Å². The highest BCUT2D eigenvalue weighted by atomic mass is 15.0. The smallest absolute Gasteiger partial charge is 0.164 e. The maximum absolute atomic E-state index is 5.30. The van der Waals surface area contributed by atoms with E-state index in [2.05, 4.69) is 193 Å². The molecule has 0 bridgehead atoms. The van der Waals surface area contributed by atoms with Crippen molar-refractivity contribution in [1.29, 1.82) is 0 Å². The highest BCUT2D eigenvalue weighted by Gasteiger charge is 2.50. The third-order valence-electron chi connectivity index (χ3n) is 13.1. The zero-order chi connectivity index (χ0) is 40.1. The van der Waals surface area contributed by atoms with Crippen LogP contribution in [0.25, 0.3) is 88.9 Å². The molecule has 1 unspecified atom stereocenters. The first-order valence-corrected chi connectivity index (χ1v) is 21.0. The van der Waals surface area contributed by atoms with Crippen LogP contribution in [0.15, 0.2) is 206 Å². The molecule has 0 radical (unpaired) electrons. The fourth-order valence-corrected chi connectivity index (χ4v) is 10.5. The molecule has 2 aromatic heterocycles. The summed E-state index contributed by atoms with van der Waals surface area (Å²) in [5.74, 6) is 1.96. The molecule has 4 nitrogen and oxygen atoms in total. The second kappa shape index (κ2) is 13.0. The van der Waals surface area contributed by atoms with Crippen LogP contribution >= 0.6 is 0 Å². The summed E-state index contributed by atoms with van der Waals surface area (Å²) in [4.78, 5) is 15.7. The van der Waals surface area contributed by atoms with Gasteiger partial charge in [0, 0.05) is 27.5 Å². The lowest BCUT2D eigenvalue weighted by molar-refractivity contribution is 0.749. The summed E-state index contributed by atoms with van der Waals surface area (Å²) in [5.41, 5.74) is 15.9. The van der Waals surface area contributed by atoms with Gasteiger partial charge < -0.3 is 4.57 Å². The van der Waals surface area contributed by atoms with Crippen molar-refractivity contribution in [3.8, 4) is 50.7 Å². The molecule has 13 rings (SSSR count). The van der Waals surface area contributed by atoms with Crippen molar-refractivity contribution in [1.82, 2.24) is 19.5 Å². The molecule has 61 heavy (non-hydrogen) atoms. The Bertz CT molecular complexity index is 3570. The maximum Gasteiger partial charge on any atom is 0.164 e. The minimum Gasteiger partial charge on any atom is -0.309 e. The number of para-hydroxylation sites is 3. The summed E-state index contributed by atoms with van der Waals surface area (Å²) in [7, 11) is 0. The van der Waals surface area contributed by atoms with Crippen molar-refractivity contribution in [2.45, 2.75) is 11.8 Å². The number of allylic oxidation sites excluding steroid dienone is 6. The molecule has 0 N–H and O–H groups in total. The molecule has 10 aromatic rings. The maximum atomic E-state index is 5.30. The molecule has 4 heteroatoms. The summed E-state index contributed by atoms with van der Waals surface area (Å²) in [6, 6.07) is 64.5. The van der Waals surface area contributed by atoms with Gasteiger partial charge in [-0.25, -0.2) is 15.0 Å². The van der Waals surface area contributed by atoms with Crippen LogP contribution in [0, 0.1) is 0 Å². The molecule has 3 heterocycles. The van der Waals surface area contributed by atoms with E-state index in [-0.39, 0.29) is 0 Å². The van der Waals surface area contributed by atoms with E-state index in [1.54, 1.807) is 0 Å². The van der Waals surface area contributed by atoms with Gasteiger partial charge in [-0.1, -0.05) is 176 Å². The summed E-state index contributed by atoms with van der Waals surface area (Å²) in [5, 5.41) is 4.84. The number of rotatable bonds is 4. The van der Waals surface area contributed by atoms with Crippen molar-refractivity contribution < 1.29 is 0 Å². The Morgan fingerprint density at radius 2 is 1.13 bits per heavy atom. The summed E-state index contributed by atoms with van der Waals surface area (Å²) >= 11 is 0. The molecule has 3 aliphatic rings. The molecule has 2 aliphatic carbocycles. The predicted octanol–water partition coefficient (Wildman–Crippen LogP) is 13.7. The van der Waals surface area contributed by atoms with Crippen LogP contribution in [0.4, 0.5) is 0 Å². The molecule has 284 valence electrons. The van der Waals surface area contributed by atoms with Gasteiger partial charge >= 0.3 is 0 Å². The molecule has 0 amide bonds. The van der Waals surface area contributed by atoms with E-state index in [0.717, 1.165) is 45.0 Å². The van der Waals surface area contributed by atoms with Gasteiger partial charge in [0.2, 0.25) is 0 Å². The van der Waals surface area contributed by atoms with E-state index in [4.69, 9.17) is 15.0 Å². The Labute approximate surface area is 353 Å². The van der Waals surface area contributed by atoms with Crippen LogP contribution in [0.5, 0.6) is 0 Å². The average molecular weight is 777 g/mol. The topological polar surface area (TPSA) is 43.6 Å². The largest absolute Gasteiger partial charge is 0.309 e. The van der Waals surface area contributed by atoms with Gasteiger partial charge in [0.1, 0.15) is 0 Å². The normalized spacial score (nSPS) is 15.8. The molecular weight excluding hydrogens is 741 g/mol. The Morgan fingerprint density at radius 1 is 0.443 bits per heavy atom. The minimum absolute atomic E-state index is 0.563. The minimum atomic E-state index is -0.563. The molecule has 0 saturated carbocycles. The van der Waals surface area contributed by atoms with E-state index in [0.29, 0.717) is 17.5 Å². The van der Waals surface area contributed by atoms with Crippen molar-refractivity contribution in [2.75, 3.05) is 0 Å². The summed E-state index contributed by atoms with van der Waals surface area (Å²) in [6.45, 7) is 0. The number of aromatic nitrogens is 4. The molecule has 1 aliphatic heterocycles. The highest BCUT2D eigenvalue weighted by Crippen LogP contribution is 2.61. The molecule has 1 spiro atoms. The fourth-order valence-electron chi connectivity index (χ4n) is 10.5. The van der Waals surface area contributed by atoms with E-state index in [9.17, 15) is 0 Å². The standard InChI is InChI=1S/C57H36N4/c1-2-5-18-36(17-4-1)54-58-55(37-19-6-3-7-20-37)60-56(59-54)46-34-39-22-9-8-21-38(39)33-45(46)40-31-32-42-41-23-10-12-26-47(41)57(50(42)35-40)48-27-13-15-30-52(48)61-51-29-14-11-24-43(51)44-25-16-28-49(57)53(44)61/h1-4,6-35H,5H2. The van der Waals surface area contributed by atoms with Gasteiger partial charge in [-0.3, -0.25) is 0 Å². The molecule has 0 fully saturated rings. The lowest BCUT2D eigenvalue weighted by Gasteiger charge is -2.39. The van der Waals surface area contributed by atoms with E-state index >= 15 is 0 Å². The molecule has 1 atom stereocenters. The van der Waals surface area contributed by atoms with Gasteiger partial charge in [0.05, 0.1) is 22.1 Å². The van der Waals surface area contributed by atoms with Crippen LogP contribution < -0.4 is 0 Å². The van der Waals surface area contributed by atoms with Gasteiger partial charge in [0.25, 0.3) is 0 Å². The molecule has 8 aromatic carbocycles. The predicted molar refractivity (Wildman–Crippen MR) is 250 cm³/mol. The molecule has 0 saturated heterocycles. The number of hydrogen-bond acceptors (Lipinski definition) is 3. The lowest BCUT2D eigenvalue weighted by Crippen LogP contribution is -2.33. The quantitative estimate of drug-likeness (QED) is 0.179. The lowest BCUT2D eigenvalue weighted by atomic mass is 9.65. The second-order valence-corrected chi connectivity index (χ2v) is 16.2. The highest BCUT2D eigenvalue weighted by molar-refractivity contribution is 6.13. The number of fused-ring (bicyclic) bond motifs is 13. The zero-order valence-corrected chi connectivity index (χ0v) is 33.1. The first kappa shape index (κ1) is 34.0. The third kappa shape index (κ3) is 4.84. The summed E-state index contributed by atoms with van der Waals surface area (Å²) < 4.78 is 2.50. The van der Waals surface area contributed by atoms with Crippen molar-refractivity contribution in [3.63, 3.8) is 0 Å². The molecular formula is C57H36N4. The van der Waals surface area contributed by atoms with Gasteiger partial charge in [-0.05, 0) is 92.0 Å². The van der Waals surface area contributed by atoms with Gasteiger partial charge in [-0.15, -0.1) is 0 Å². The second-order valence-electron chi connectivity index (χ2n) is 16.2. The average Bonchev–Trinajstić information content (AvgIpc) is 3.65. The Kier molecular flexibility index (Phi) is 7.25. The Hall–Kier alpha value is -7.95. The van der Waals surface area contributed by atoms with E-state index in [1.807, 2.05) is 18.2 Å².